The molecule has 0 bridgehead atoms. The summed E-state index contributed by atoms with van der Waals surface area (Å²) in [7, 11) is -4.21. The van der Waals surface area contributed by atoms with Crippen LogP contribution in [0, 0.1) is 0 Å². The van der Waals surface area contributed by atoms with Gasteiger partial charge in [-0.25, -0.2) is 0 Å². The summed E-state index contributed by atoms with van der Waals surface area (Å²) in [6.07, 6.45) is 0. The van der Waals surface area contributed by atoms with Crippen molar-refractivity contribution in [1.82, 2.24) is 0 Å². The lowest BCUT2D eigenvalue weighted by atomic mass is 9.96. The van der Waals surface area contributed by atoms with Gasteiger partial charge in [-0.1, -0.05) is 44.2 Å². The van der Waals surface area contributed by atoms with Gasteiger partial charge in [-0.2, -0.15) is 0 Å². The molecule has 0 fully saturated rings. The van der Waals surface area contributed by atoms with E-state index < -0.39 is 7.60 Å². The summed E-state index contributed by atoms with van der Waals surface area (Å²) in [6.45, 7) is 3.89. The van der Waals surface area contributed by atoms with Crippen molar-refractivity contribution >= 4 is 23.7 Å². The first kappa shape index (κ1) is 12.3. The molecule has 3 nitrogen and oxygen atoms in total. The largest absolute Gasteiger partial charge is 0.356 e. The molecule has 0 amide bonds. The van der Waals surface area contributed by atoms with Crippen LogP contribution in [0.3, 0.4) is 0 Å². The van der Waals surface area contributed by atoms with Gasteiger partial charge in [0.2, 0.25) is 0 Å². The van der Waals surface area contributed by atoms with E-state index in [9.17, 15) is 14.4 Å². The van der Waals surface area contributed by atoms with Crippen LogP contribution in [0.5, 0.6) is 0 Å². The van der Waals surface area contributed by atoms with E-state index in [-0.39, 0.29) is 11.2 Å². The molecule has 2 aromatic carbocycles. The maximum atomic E-state index is 11.5. The molecule has 0 aromatic heterocycles. The summed E-state index contributed by atoms with van der Waals surface area (Å²) >= 11 is 0. The molecule has 0 aliphatic heterocycles. The molecule has 90 valence electrons. The predicted octanol–water partition coefficient (Wildman–Crippen LogP) is 2.77. The second-order valence-electron chi connectivity index (χ2n) is 4.42. The van der Waals surface area contributed by atoms with Crippen molar-refractivity contribution in [2.24, 2.45) is 0 Å². The molecule has 17 heavy (non-hydrogen) atoms. The summed E-state index contributed by atoms with van der Waals surface area (Å²) < 4.78 is 11.5. The van der Waals surface area contributed by atoms with E-state index in [1.807, 2.05) is 38.1 Å². The molecular formula is C13H15O3P. The Kier molecular flexibility index (Phi) is 3.09. The molecule has 2 N–H and O–H groups in total. The van der Waals surface area contributed by atoms with Crippen molar-refractivity contribution in [2.75, 3.05) is 0 Å². The maximum Gasteiger partial charge on any atom is 0.356 e. The molecule has 4 heteroatoms. The van der Waals surface area contributed by atoms with Crippen LogP contribution in [-0.4, -0.2) is 9.79 Å². The first-order valence-electron chi connectivity index (χ1n) is 5.49. The van der Waals surface area contributed by atoms with Gasteiger partial charge in [0, 0.05) is 0 Å². The summed E-state index contributed by atoms with van der Waals surface area (Å²) in [5.74, 6) is 0.0729. The Morgan fingerprint density at radius 2 is 1.71 bits per heavy atom. The second kappa shape index (κ2) is 4.26. The fourth-order valence-corrected chi connectivity index (χ4v) is 3.11. The van der Waals surface area contributed by atoms with Gasteiger partial charge in [0.25, 0.3) is 0 Å². The van der Waals surface area contributed by atoms with E-state index in [4.69, 9.17) is 0 Å². The number of benzene rings is 2. The second-order valence-corrected chi connectivity index (χ2v) is 5.99. The molecule has 0 spiro atoms. The van der Waals surface area contributed by atoms with Gasteiger partial charge in [0.1, 0.15) is 0 Å². The molecule has 0 aliphatic rings. The third kappa shape index (κ3) is 2.27. The van der Waals surface area contributed by atoms with E-state index in [1.165, 1.54) is 0 Å². The Morgan fingerprint density at radius 1 is 1.06 bits per heavy atom. The highest BCUT2D eigenvalue weighted by molar-refractivity contribution is 7.60. The zero-order valence-corrected chi connectivity index (χ0v) is 10.7. The quantitative estimate of drug-likeness (QED) is 0.806. The highest BCUT2D eigenvalue weighted by Gasteiger charge is 2.24. The van der Waals surface area contributed by atoms with Crippen LogP contribution >= 0.6 is 7.60 Å². The smallest absolute Gasteiger partial charge is 0.321 e. The SMILES string of the molecule is CC(C)c1c(P(=O)(O)O)ccc2ccccc12. The normalized spacial score (nSPS) is 12.3. The van der Waals surface area contributed by atoms with E-state index >= 15 is 0 Å². The van der Waals surface area contributed by atoms with Gasteiger partial charge in [-0.3, -0.25) is 4.57 Å². The fraction of sp³-hybridized carbons (Fsp3) is 0.231. The maximum absolute atomic E-state index is 11.5. The average molecular weight is 250 g/mol. The lowest BCUT2D eigenvalue weighted by Gasteiger charge is -2.16. The van der Waals surface area contributed by atoms with Crippen molar-refractivity contribution in [1.29, 1.82) is 0 Å². The van der Waals surface area contributed by atoms with Crippen LogP contribution in [-0.2, 0) is 4.57 Å². The molecule has 0 heterocycles. The van der Waals surface area contributed by atoms with Crippen LogP contribution in [0.1, 0.15) is 25.3 Å². The molecule has 0 atom stereocenters. The van der Waals surface area contributed by atoms with E-state index in [0.29, 0.717) is 0 Å². The highest BCUT2D eigenvalue weighted by atomic mass is 31.2. The molecule has 0 saturated heterocycles. The fourth-order valence-electron chi connectivity index (χ4n) is 2.14. The van der Waals surface area contributed by atoms with Crippen molar-refractivity contribution in [3.8, 4) is 0 Å². The molecule has 2 rings (SSSR count). The minimum Gasteiger partial charge on any atom is -0.321 e. The Bertz CT molecular complexity index is 599. The minimum atomic E-state index is -4.21. The predicted molar refractivity (Wildman–Crippen MR) is 69.7 cm³/mol. The topological polar surface area (TPSA) is 57.5 Å². The Morgan fingerprint density at radius 3 is 2.29 bits per heavy atom. The zero-order chi connectivity index (χ0) is 12.6. The van der Waals surface area contributed by atoms with Gasteiger partial charge in [0.05, 0.1) is 5.30 Å². The van der Waals surface area contributed by atoms with E-state index in [1.54, 1.807) is 12.1 Å². The summed E-state index contributed by atoms with van der Waals surface area (Å²) in [6, 6.07) is 11.0. The third-order valence-electron chi connectivity index (χ3n) is 2.84. The highest BCUT2D eigenvalue weighted by Crippen LogP contribution is 2.39. The summed E-state index contributed by atoms with van der Waals surface area (Å²) in [5.41, 5.74) is 0.747. The molecule has 0 radical (unpaired) electrons. The molecule has 0 unspecified atom stereocenters. The monoisotopic (exact) mass is 250 g/mol. The van der Waals surface area contributed by atoms with Crippen molar-refractivity contribution in [3.05, 3.63) is 42.0 Å². The lowest BCUT2D eigenvalue weighted by molar-refractivity contribution is 0.387. The number of fused-ring (bicyclic) bond motifs is 1. The Hall–Kier alpha value is -1.15. The van der Waals surface area contributed by atoms with Crippen molar-refractivity contribution in [3.63, 3.8) is 0 Å². The van der Waals surface area contributed by atoms with Gasteiger partial charge >= 0.3 is 7.60 Å². The van der Waals surface area contributed by atoms with Crippen LogP contribution in [0.2, 0.25) is 0 Å². The lowest BCUT2D eigenvalue weighted by Crippen LogP contribution is -2.12. The van der Waals surface area contributed by atoms with Crippen molar-refractivity contribution in [2.45, 2.75) is 19.8 Å². The van der Waals surface area contributed by atoms with E-state index in [0.717, 1.165) is 16.3 Å². The van der Waals surface area contributed by atoms with Crippen LogP contribution < -0.4 is 5.30 Å². The van der Waals surface area contributed by atoms with Gasteiger partial charge < -0.3 is 9.79 Å². The number of hydrogen-bond acceptors (Lipinski definition) is 1. The number of hydrogen-bond donors (Lipinski definition) is 2. The summed E-state index contributed by atoms with van der Waals surface area (Å²) in [5, 5.41) is 2.07. The number of rotatable bonds is 2. The molecular weight excluding hydrogens is 235 g/mol. The first-order valence-corrected chi connectivity index (χ1v) is 7.10. The van der Waals surface area contributed by atoms with Crippen molar-refractivity contribution < 1.29 is 14.4 Å². The standard InChI is InChI=1S/C13H15O3P/c1-9(2)13-11-6-4-3-5-10(11)7-8-12(13)17(14,15)16/h3-9H,1-2H3,(H2,14,15,16). The average Bonchev–Trinajstić information content (AvgIpc) is 2.26. The summed E-state index contributed by atoms with van der Waals surface area (Å²) in [4.78, 5) is 18.8. The van der Waals surface area contributed by atoms with Crippen LogP contribution in [0.25, 0.3) is 10.8 Å². The Labute approximate surface area is 100 Å². The van der Waals surface area contributed by atoms with Gasteiger partial charge in [-0.15, -0.1) is 0 Å². The molecule has 0 aliphatic carbocycles. The molecule has 2 aromatic rings. The third-order valence-corrected chi connectivity index (χ3v) is 3.86. The van der Waals surface area contributed by atoms with Gasteiger partial charge in [0.15, 0.2) is 0 Å². The van der Waals surface area contributed by atoms with Crippen LogP contribution in [0.4, 0.5) is 0 Å². The minimum absolute atomic E-state index is 0.0729. The first-order chi connectivity index (χ1) is 7.91. The van der Waals surface area contributed by atoms with Gasteiger partial charge in [-0.05, 0) is 28.3 Å². The van der Waals surface area contributed by atoms with Crippen LogP contribution in [0.15, 0.2) is 36.4 Å². The molecule has 0 saturated carbocycles. The zero-order valence-electron chi connectivity index (χ0n) is 9.79. The van der Waals surface area contributed by atoms with E-state index in [2.05, 4.69) is 0 Å². The Balaban J connectivity index is 2.87.